The molecule has 0 radical (unpaired) electrons. The smallest absolute Gasteiger partial charge is 0.269 e. The summed E-state index contributed by atoms with van der Waals surface area (Å²) in [6.45, 7) is 0. The molecule has 0 aliphatic heterocycles. The Morgan fingerprint density at radius 1 is 1.38 bits per heavy atom. The van der Waals surface area contributed by atoms with Gasteiger partial charge in [0.25, 0.3) is 0 Å². The summed E-state index contributed by atoms with van der Waals surface area (Å²) in [4.78, 5) is 7.52. The zero-order valence-corrected chi connectivity index (χ0v) is 7.14. The summed E-state index contributed by atoms with van der Waals surface area (Å²) in [6.07, 6.45) is 2.43. The Morgan fingerprint density at radius 2 is 2.15 bits per heavy atom. The molecule has 0 saturated carbocycles. The fourth-order valence-corrected chi connectivity index (χ4v) is 1.52. The highest BCUT2D eigenvalue weighted by molar-refractivity contribution is 7.84. The van der Waals surface area contributed by atoms with E-state index in [0.717, 1.165) is 6.33 Å². The van der Waals surface area contributed by atoms with E-state index in [4.69, 9.17) is 4.55 Å². The summed E-state index contributed by atoms with van der Waals surface area (Å²) >= 11 is 0. The van der Waals surface area contributed by atoms with E-state index < -0.39 is 10.3 Å². The van der Waals surface area contributed by atoms with Crippen molar-refractivity contribution >= 4 is 21.5 Å². The fraction of sp³-hybridized carbons (Fsp3) is 0. The SMILES string of the molecule is O=S(=O)(O)n1cnc2cccnc21. The Labute approximate surface area is 73.7 Å². The summed E-state index contributed by atoms with van der Waals surface area (Å²) in [5, 5.41) is 0. The van der Waals surface area contributed by atoms with E-state index in [1.54, 1.807) is 12.1 Å². The topological polar surface area (TPSA) is 85.1 Å². The van der Waals surface area contributed by atoms with E-state index in [9.17, 15) is 8.42 Å². The average Bonchev–Trinajstić information content (AvgIpc) is 2.45. The number of pyridine rings is 1. The Morgan fingerprint density at radius 3 is 2.85 bits per heavy atom. The molecule has 2 heterocycles. The first kappa shape index (κ1) is 8.14. The van der Waals surface area contributed by atoms with Crippen LogP contribution in [0.15, 0.2) is 24.7 Å². The molecule has 7 heteroatoms. The van der Waals surface area contributed by atoms with Gasteiger partial charge >= 0.3 is 10.3 Å². The van der Waals surface area contributed by atoms with Crippen molar-refractivity contribution in [3.05, 3.63) is 24.7 Å². The summed E-state index contributed by atoms with van der Waals surface area (Å²) in [7, 11) is -4.29. The Kier molecular flexibility index (Phi) is 1.57. The number of hydrogen-bond acceptors (Lipinski definition) is 4. The molecule has 2 aromatic rings. The van der Waals surface area contributed by atoms with Crippen molar-refractivity contribution in [1.82, 2.24) is 13.9 Å². The molecule has 0 bridgehead atoms. The molecular weight excluding hydrogens is 194 g/mol. The molecule has 1 N–H and O–H groups in total. The lowest BCUT2D eigenvalue weighted by molar-refractivity contribution is 0.474. The van der Waals surface area contributed by atoms with E-state index in [2.05, 4.69) is 9.97 Å². The molecule has 0 spiro atoms. The van der Waals surface area contributed by atoms with Crippen molar-refractivity contribution in [2.75, 3.05) is 0 Å². The first-order valence-electron chi connectivity index (χ1n) is 3.35. The van der Waals surface area contributed by atoms with E-state index in [1.807, 2.05) is 0 Å². The molecule has 13 heavy (non-hydrogen) atoms. The summed E-state index contributed by atoms with van der Waals surface area (Å²) in [5.41, 5.74) is 0.533. The highest BCUT2D eigenvalue weighted by Gasteiger charge is 2.12. The van der Waals surface area contributed by atoms with Gasteiger partial charge in [-0.15, -0.1) is 0 Å². The van der Waals surface area contributed by atoms with Crippen LogP contribution in [-0.4, -0.2) is 26.9 Å². The molecular formula is C6H5N3O3S. The van der Waals surface area contributed by atoms with Crippen LogP contribution in [0.4, 0.5) is 0 Å². The van der Waals surface area contributed by atoms with Crippen LogP contribution in [0.3, 0.4) is 0 Å². The van der Waals surface area contributed by atoms with Gasteiger partial charge in [-0.05, 0) is 12.1 Å². The van der Waals surface area contributed by atoms with Crippen LogP contribution in [0.2, 0.25) is 0 Å². The number of hydrogen-bond donors (Lipinski definition) is 1. The molecule has 0 amide bonds. The molecule has 0 unspecified atom stereocenters. The van der Waals surface area contributed by atoms with E-state index >= 15 is 0 Å². The minimum Gasteiger partial charge on any atom is -0.269 e. The van der Waals surface area contributed by atoms with Gasteiger partial charge in [0.1, 0.15) is 11.8 Å². The van der Waals surface area contributed by atoms with E-state index in [1.165, 1.54) is 6.20 Å². The van der Waals surface area contributed by atoms with Crippen molar-refractivity contribution < 1.29 is 13.0 Å². The van der Waals surface area contributed by atoms with Crippen molar-refractivity contribution in [3.63, 3.8) is 0 Å². The van der Waals surface area contributed by atoms with Gasteiger partial charge in [0.2, 0.25) is 0 Å². The lowest BCUT2D eigenvalue weighted by Crippen LogP contribution is -2.09. The maximum atomic E-state index is 10.7. The molecule has 0 aliphatic carbocycles. The predicted molar refractivity (Wildman–Crippen MR) is 44.5 cm³/mol. The number of imidazole rings is 1. The quantitative estimate of drug-likeness (QED) is 0.657. The van der Waals surface area contributed by atoms with Gasteiger partial charge in [-0.2, -0.15) is 12.4 Å². The molecule has 6 nitrogen and oxygen atoms in total. The Bertz CT molecular complexity index is 545. The third kappa shape index (κ3) is 1.27. The minimum absolute atomic E-state index is 0.116. The van der Waals surface area contributed by atoms with Crippen LogP contribution in [0, 0.1) is 0 Å². The molecule has 0 atom stereocenters. The molecule has 0 aliphatic rings. The van der Waals surface area contributed by atoms with Gasteiger partial charge in [-0.1, -0.05) is 0 Å². The van der Waals surface area contributed by atoms with Crippen LogP contribution >= 0.6 is 0 Å². The number of aromatic nitrogens is 3. The van der Waals surface area contributed by atoms with Gasteiger partial charge in [0.05, 0.1) is 0 Å². The fourth-order valence-electron chi connectivity index (χ4n) is 0.997. The Balaban J connectivity index is 2.87. The summed E-state index contributed by atoms with van der Waals surface area (Å²) < 4.78 is 30.8. The van der Waals surface area contributed by atoms with Crippen LogP contribution in [-0.2, 0) is 10.3 Å². The van der Waals surface area contributed by atoms with Crippen molar-refractivity contribution in [2.45, 2.75) is 0 Å². The molecule has 2 rings (SSSR count). The standard InChI is InChI=1S/C6H5N3O3S/c10-13(11,12)9-4-8-5-2-1-3-7-6(5)9/h1-4H,(H,10,11,12). The van der Waals surface area contributed by atoms with E-state index in [-0.39, 0.29) is 5.65 Å². The average molecular weight is 199 g/mol. The van der Waals surface area contributed by atoms with Gasteiger partial charge in [0, 0.05) is 6.20 Å². The molecule has 0 saturated heterocycles. The third-order valence-corrected chi connectivity index (χ3v) is 2.29. The summed E-state index contributed by atoms with van der Waals surface area (Å²) in [6, 6.07) is 3.23. The van der Waals surface area contributed by atoms with Crippen molar-refractivity contribution in [2.24, 2.45) is 0 Å². The van der Waals surface area contributed by atoms with Crippen LogP contribution in [0.5, 0.6) is 0 Å². The number of nitrogens with zero attached hydrogens (tertiary/aromatic N) is 3. The molecule has 0 fully saturated rings. The van der Waals surface area contributed by atoms with Crippen LogP contribution < -0.4 is 0 Å². The lowest BCUT2D eigenvalue weighted by atomic mass is 10.4. The second-order valence-electron chi connectivity index (χ2n) is 2.36. The lowest BCUT2D eigenvalue weighted by Gasteiger charge is -1.95. The predicted octanol–water partition coefficient (Wildman–Crippen LogP) is 0.0822. The normalized spacial score (nSPS) is 12.1. The largest absolute Gasteiger partial charge is 0.366 e. The van der Waals surface area contributed by atoms with Gasteiger partial charge < -0.3 is 0 Å². The van der Waals surface area contributed by atoms with Crippen LogP contribution in [0.25, 0.3) is 11.2 Å². The first-order valence-corrected chi connectivity index (χ1v) is 4.75. The number of fused-ring (bicyclic) bond motifs is 1. The van der Waals surface area contributed by atoms with Crippen LogP contribution in [0.1, 0.15) is 0 Å². The van der Waals surface area contributed by atoms with Gasteiger partial charge in [0.15, 0.2) is 5.65 Å². The first-order chi connectivity index (χ1) is 6.09. The highest BCUT2D eigenvalue weighted by atomic mass is 32.2. The molecule has 2 aromatic heterocycles. The summed E-state index contributed by atoms with van der Waals surface area (Å²) in [5.74, 6) is 0. The maximum Gasteiger partial charge on any atom is 0.366 e. The van der Waals surface area contributed by atoms with Gasteiger partial charge in [-0.3, -0.25) is 4.55 Å². The zero-order chi connectivity index (χ0) is 9.47. The monoisotopic (exact) mass is 199 g/mol. The van der Waals surface area contributed by atoms with E-state index in [0.29, 0.717) is 9.49 Å². The van der Waals surface area contributed by atoms with Crippen molar-refractivity contribution in [1.29, 1.82) is 0 Å². The minimum atomic E-state index is -4.29. The van der Waals surface area contributed by atoms with Crippen molar-refractivity contribution in [3.8, 4) is 0 Å². The third-order valence-electron chi connectivity index (χ3n) is 1.53. The highest BCUT2D eigenvalue weighted by Crippen LogP contribution is 2.09. The molecule has 68 valence electrons. The number of rotatable bonds is 1. The second kappa shape index (κ2) is 2.51. The van der Waals surface area contributed by atoms with Gasteiger partial charge in [-0.25, -0.2) is 9.97 Å². The Hall–Kier alpha value is -1.47. The maximum absolute atomic E-state index is 10.7. The second-order valence-corrected chi connectivity index (χ2v) is 3.65. The zero-order valence-electron chi connectivity index (χ0n) is 6.32. The molecule has 0 aromatic carbocycles.